The van der Waals surface area contributed by atoms with Gasteiger partial charge in [0.25, 0.3) is 0 Å². The molecule has 3 heterocycles. The molecule has 0 saturated carbocycles. The van der Waals surface area contributed by atoms with Gasteiger partial charge >= 0.3 is 6.01 Å². The van der Waals surface area contributed by atoms with Gasteiger partial charge in [-0.25, -0.2) is 4.98 Å². The largest absolute Gasteiger partial charge is 0.324 e. The van der Waals surface area contributed by atoms with E-state index in [0.717, 1.165) is 49.2 Å². The van der Waals surface area contributed by atoms with E-state index in [1.807, 2.05) is 6.07 Å². The van der Waals surface area contributed by atoms with Gasteiger partial charge in [-0.1, -0.05) is 49.3 Å². The lowest BCUT2D eigenvalue weighted by molar-refractivity contribution is 0.240. The molecule has 0 spiro atoms. The Kier molecular flexibility index (Phi) is 4.99. The molecule has 1 fully saturated rings. The molecule has 26 heavy (non-hydrogen) atoms. The van der Waals surface area contributed by atoms with Crippen molar-refractivity contribution in [1.82, 2.24) is 20.0 Å². The van der Waals surface area contributed by atoms with Crippen LogP contribution in [0.3, 0.4) is 0 Å². The van der Waals surface area contributed by atoms with Crippen LogP contribution in [0.4, 0.5) is 6.01 Å². The smallest absolute Gasteiger partial charge is 0.322 e. The molecule has 7 heteroatoms. The standard InChI is InChI=1S/C19H23N5OS/c1-14(2)17-21-19(25-22-17)24-10-8-23(9-11-24)12-16-13-26-18(20-16)15-6-4-3-5-7-15/h3-7,13-14H,8-12H2,1-2H3. The summed E-state index contributed by atoms with van der Waals surface area (Å²) in [5, 5.41) is 7.32. The number of thiazole rings is 1. The molecule has 0 N–H and O–H groups in total. The predicted molar refractivity (Wildman–Crippen MR) is 103 cm³/mol. The summed E-state index contributed by atoms with van der Waals surface area (Å²) in [5.41, 5.74) is 2.33. The predicted octanol–water partition coefficient (Wildman–Crippen LogP) is 3.64. The van der Waals surface area contributed by atoms with E-state index in [1.165, 1.54) is 5.56 Å². The lowest BCUT2D eigenvalue weighted by Gasteiger charge is -2.33. The summed E-state index contributed by atoms with van der Waals surface area (Å²) in [4.78, 5) is 13.9. The Morgan fingerprint density at radius 2 is 1.85 bits per heavy atom. The molecule has 136 valence electrons. The molecule has 0 bridgehead atoms. The number of hydrogen-bond acceptors (Lipinski definition) is 7. The molecule has 1 saturated heterocycles. The first-order valence-electron chi connectivity index (χ1n) is 9.00. The third-order valence-corrected chi connectivity index (χ3v) is 5.49. The summed E-state index contributed by atoms with van der Waals surface area (Å²) in [5.74, 6) is 1.07. The van der Waals surface area contributed by atoms with Gasteiger partial charge in [0, 0.05) is 49.6 Å². The molecule has 1 aliphatic heterocycles. The lowest BCUT2D eigenvalue weighted by atomic mass is 10.2. The van der Waals surface area contributed by atoms with Gasteiger partial charge in [-0.05, 0) is 0 Å². The van der Waals surface area contributed by atoms with Gasteiger partial charge in [-0.2, -0.15) is 4.98 Å². The number of nitrogens with zero attached hydrogens (tertiary/aromatic N) is 5. The molecule has 2 aromatic heterocycles. The average Bonchev–Trinajstić information content (AvgIpc) is 3.33. The summed E-state index contributed by atoms with van der Waals surface area (Å²) in [6.45, 7) is 8.77. The number of piperazine rings is 1. The maximum atomic E-state index is 5.41. The number of rotatable bonds is 5. The summed E-state index contributed by atoms with van der Waals surface area (Å²) >= 11 is 1.71. The fraction of sp³-hybridized carbons (Fsp3) is 0.421. The summed E-state index contributed by atoms with van der Waals surface area (Å²) < 4.78 is 5.41. The Balaban J connectivity index is 1.33. The van der Waals surface area contributed by atoms with E-state index in [0.29, 0.717) is 6.01 Å². The molecule has 0 atom stereocenters. The molecule has 1 aliphatic rings. The molecule has 0 radical (unpaired) electrons. The Morgan fingerprint density at radius 3 is 2.54 bits per heavy atom. The van der Waals surface area contributed by atoms with Crippen LogP contribution in [-0.4, -0.2) is 46.2 Å². The Labute approximate surface area is 157 Å². The zero-order valence-electron chi connectivity index (χ0n) is 15.1. The lowest BCUT2D eigenvalue weighted by Crippen LogP contribution is -2.46. The highest BCUT2D eigenvalue weighted by atomic mass is 32.1. The normalized spacial score (nSPS) is 15.7. The van der Waals surface area contributed by atoms with Crippen molar-refractivity contribution in [2.75, 3.05) is 31.1 Å². The van der Waals surface area contributed by atoms with Crippen LogP contribution < -0.4 is 4.90 Å². The van der Waals surface area contributed by atoms with E-state index in [2.05, 4.69) is 63.4 Å². The SMILES string of the molecule is CC(C)c1noc(N2CCN(Cc3csc(-c4ccccc4)n3)CC2)n1. The van der Waals surface area contributed by atoms with Crippen LogP contribution in [0.5, 0.6) is 0 Å². The van der Waals surface area contributed by atoms with E-state index in [4.69, 9.17) is 9.51 Å². The summed E-state index contributed by atoms with van der Waals surface area (Å²) in [6, 6.07) is 11.0. The van der Waals surface area contributed by atoms with Gasteiger partial charge in [-0.15, -0.1) is 11.3 Å². The minimum absolute atomic E-state index is 0.289. The van der Waals surface area contributed by atoms with Crippen LogP contribution in [0.2, 0.25) is 0 Å². The summed E-state index contributed by atoms with van der Waals surface area (Å²) in [6.07, 6.45) is 0. The Hall–Kier alpha value is -2.25. The van der Waals surface area contributed by atoms with Crippen LogP contribution in [0, 0.1) is 0 Å². The monoisotopic (exact) mass is 369 g/mol. The molecule has 0 unspecified atom stereocenters. The van der Waals surface area contributed by atoms with Crippen molar-refractivity contribution in [2.24, 2.45) is 0 Å². The second kappa shape index (κ2) is 7.55. The third kappa shape index (κ3) is 3.78. The van der Waals surface area contributed by atoms with Crippen LogP contribution in [0.25, 0.3) is 10.6 Å². The molecule has 4 rings (SSSR count). The molecule has 6 nitrogen and oxygen atoms in total. The van der Waals surface area contributed by atoms with E-state index < -0.39 is 0 Å². The highest BCUT2D eigenvalue weighted by molar-refractivity contribution is 7.13. The van der Waals surface area contributed by atoms with Crippen LogP contribution in [-0.2, 0) is 6.54 Å². The van der Waals surface area contributed by atoms with E-state index >= 15 is 0 Å². The van der Waals surface area contributed by atoms with Crippen LogP contribution in [0.1, 0.15) is 31.3 Å². The molecule has 0 amide bonds. The van der Waals surface area contributed by atoms with Crippen molar-refractivity contribution in [3.05, 3.63) is 47.2 Å². The molecule has 0 aliphatic carbocycles. The first-order chi connectivity index (χ1) is 12.7. The number of aromatic nitrogens is 3. The third-order valence-electron chi connectivity index (χ3n) is 4.55. The molecule has 1 aromatic carbocycles. The maximum Gasteiger partial charge on any atom is 0.324 e. The van der Waals surface area contributed by atoms with Gasteiger partial charge < -0.3 is 9.42 Å². The van der Waals surface area contributed by atoms with Gasteiger partial charge in [0.2, 0.25) is 0 Å². The van der Waals surface area contributed by atoms with Gasteiger partial charge in [0.05, 0.1) is 5.69 Å². The van der Waals surface area contributed by atoms with Gasteiger partial charge in [0.15, 0.2) is 5.82 Å². The average molecular weight is 369 g/mol. The van der Waals surface area contributed by atoms with E-state index in [-0.39, 0.29) is 5.92 Å². The van der Waals surface area contributed by atoms with E-state index in [9.17, 15) is 0 Å². The highest BCUT2D eigenvalue weighted by Crippen LogP contribution is 2.24. The highest BCUT2D eigenvalue weighted by Gasteiger charge is 2.22. The van der Waals surface area contributed by atoms with Crippen molar-refractivity contribution in [3.63, 3.8) is 0 Å². The number of hydrogen-bond donors (Lipinski definition) is 0. The molecular formula is C19H23N5OS. The minimum atomic E-state index is 0.289. The van der Waals surface area contributed by atoms with Crippen molar-refractivity contribution >= 4 is 17.4 Å². The van der Waals surface area contributed by atoms with Crippen molar-refractivity contribution in [1.29, 1.82) is 0 Å². The van der Waals surface area contributed by atoms with Crippen molar-refractivity contribution in [2.45, 2.75) is 26.3 Å². The fourth-order valence-corrected chi connectivity index (χ4v) is 3.83. The van der Waals surface area contributed by atoms with Gasteiger partial charge in [-0.3, -0.25) is 4.90 Å². The van der Waals surface area contributed by atoms with Gasteiger partial charge in [0.1, 0.15) is 5.01 Å². The number of anilines is 1. The van der Waals surface area contributed by atoms with Crippen LogP contribution >= 0.6 is 11.3 Å². The minimum Gasteiger partial charge on any atom is -0.322 e. The van der Waals surface area contributed by atoms with Crippen molar-refractivity contribution < 1.29 is 4.52 Å². The topological polar surface area (TPSA) is 58.3 Å². The fourth-order valence-electron chi connectivity index (χ4n) is 3.01. The number of benzene rings is 1. The second-order valence-electron chi connectivity index (χ2n) is 6.86. The zero-order chi connectivity index (χ0) is 17.9. The van der Waals surface area contributed by atoms with Crippen LogP contribution in [0.15, 0.2) is 40.2 Å². The van der Waals surface area contributed by atoms with Crippen molar-refractivity contribution in [3.8, 4) is 10.6 Å². The Bertz CT molecular complexity index is 837. The zero-order valence-corrected chi connectivity index (χ0v) is 15.9. The quantitative estimate of drug-likeness (QED) is 0.684. The first-order valence-corrected chi connectivity index (χ1v) is 9.88. The molecular weight excluding hydrogens is 346 g/mol. The van der Waals surface area contributed by atoms with E-state index in [1.54, 1.807) is 11.3 Å². The summed E-state index contributed by atoms with van der Waals surface area (Å²) in [7, 11) is 0. The maximum absolute atomic E-state index is 5.41. The second-order valence-corrected chi connectivity index (χ2v) is 7.72. The molecule has 3 aromatic rings. The first kappa shape index (κ1) is 17.2. The Morgan fingerprint density at radius 1 is 1.08 bits per heavy atom.